The van der Waals surface area contributed by atoms with Crippen molar-refractivity contribution in [2.45, 2.75) is 38.5 Å². The lowest BCUT2D eigenvalue weighted by Crippen LogP contribution is -2.45. The van der Waals surface area contributed by atoms with Gasteiger partial charge in [0.05, 0.1) is 35.7 Å². The molecule has 2 aromatic heterocycles. The summed E-state index contributed by atoms with van der Waals surface area (Å²) in [7, 11) is 0. The van der Waals surface area contributed by atoms with Crippen LogP contribution in [-0.2, 0) is 34.7 Å². The Morgan fingerprint density at radius 2 is 2.10 bits per heavy atom. The number of alkyl halides is 1. The number of aliphatic hydroxyl groups is 1. The summed E-state index contributed by atoms with van der Waals surface area (Å²) in [6.07, 6.45) is 0.258. The van der Waals surface area contributed by atoms with E-state index in [0.29, 0.717) is 28.5 Å². The first-order valence-electron chi connectivity index (χ1n) is 9.73. The van der Waals surface area contributed by atoms with Crippen LogP contribution in [-0.4, -0.2) is 27.3 Å². The molecule has 0 amide bonds. The minimum atomic E-state index is -2.19. The Morgan fingerprint density at radius 3 is 2.83 bits per heavy atom. The number of hydrogen-bond donors (Lipinski definition) is 1. The maximum absolute atomic E-state index is 13.2. The number of aromatic nitrogens is 2. The van der Waals surface area contributed by atoms with Crippen molar-refractivity contribution in [3.8, 4) is 11.4 Å². The van der Waals surface area contributed by atoms with Gasteiger partial charge in [-0.15, -0.1) is 0 Å². The van der Waals surface area contributed by atoms with Gasteiger partial charge in [-0.3, -0.25) is 9.18 Å². The van der Waals surface area contributed by atoms with Crippen LogP contribution in [0.4, 0.5) is 4.39 Å². The molecule has 5 rings (SSSR count). The lowest BCUT2D eigenvalue weighted by Gasteiger charge is -2.31. The van der Waals surface area contributed by atoms with Gasteiger partial charge in [-0.05, 0) is 30.2 Å². The first-order valence-corrected chi connectivity index (χ1v) is 10.1. The van der Waals surface area contributed by atoms with Crippen molar-refractivity contribution in [2.24, 2.45) is 0 Å². The molecule has 1 atom stereocenters. The molecular weight excluding hydrogens is 411 g/mol. The Labute approximate surface area is 175 Å². The number of cyclic esters (lactones) is 1. The van der Waals surface area contributed by atoms with E-state index in [2.05, 4.69) is 0 Å². The second-order valence-corrected chi connectivity index (χ2v) is 8.06. The van der Waals surface area contributed by atoms with E-state index in [0.717, 1.165) is 22.9 Å². The number of fused-ring (bicyclic) bond motifs is 5. The fourth-order valence-electron chi connectivity index (χ4n) is 4.58. The zero-order valence-corrected chi connectivity index (χ0v) is 16.9. The van der Waals surface area contributed by atoms with Crippen LogP contribution in [0.15, 0.2) is 29.1 Å². The molecule has 1 N–H and O–H groups in total. The summed E-state index contributed by atoms with van der Waals surface area (Å²) >= 11 is 6.16. The predicted octanol–water partition coefficient (Wildman–Crippen LogP) is 3.25. The third kappa shape index (κ3) is 2.48. The normalized spacial score (nSPS) is 19.4. The van der Waals surface area contributed by atoms with E-state index >= 15 is 0 Å². The number of aryl methyl sites for hydroxylation is 1. The summed E-state index contributed by atoms with van der Waals surface area (Å²) in [5, 5.41) is 12.4. The van der Waals surface area contributed by atoms with Gasteiger partial charge in [-0.1, -0.05) is 24.6 Å². The maximum atomic E-state index is 13.2. The smallest absolute Gasteiger partial charge is 0.343 e. The third-order valence-electron chi connectivity index (χ3n) is 6.07. The fourth-order valence-corrected chi connectivity index (χ4v) is 4.75. The number of rotatable bonds is 3. The van der Waals surface area contributed by atoms with Gasteiger partial charge in [0.25, 0.3) is 5.56 Å². The SMILES string of the molecule is CCc1c2c(nc3cc(Cl)ccc13)-c1cc3c(c(=O)n1C2)COC(=O)C3(O)CCF. The zero-order chi connectivity index (χ0) is 21.2. The molecule has 154 valence electrons. The molecule has 6 nitrogen and oxygen atoms in total. The molecule has 0 bridgehead atoms. The van der Waals surface area contributed by atoms with Crippen molar-refractivity contribution in [3.63, 3.8) is 0 Å². The fraction of sp³-hybridized carbons (Fsp3) is 0.318. The number of carbonyl (C=O) groups excluding carboxylic acids is 1. The lowest BCUT2D eigenvalue weighted by atomic mass is 9.85. The van der Waals surface area contributed by atoms with Crippen molar-refractivity contribution in [1.29, 1.82) is 0 Å². The molecule has 2 aliphatic rings. The first kappa shape index (κ1) is 19.2. The highest BCUT2D eigenvalue weighted by atomic mass is 35.5. The van der Waals surface area contributed by atoms with E-state index < -0.39 is 24.7 Å². The number of esters is 1. The molecule has 0 radical (unpaired) electrons. The Hall–Kier alpha value is -2.77. The van der Waals surface area contributed by atoms with E-state index in [9.17, 15) is 19.1 Å². The number of hydrogen-bond acceptors (Lipinski definition) is 5. The van der Waals surface area contributed by atoms with Crippen molar-refractivity contribution >= 4 is 28.5 Å². The quantitative estimate of drug-likeness (QED) is 0.506. The Bertz CT molecular complexity index is 1300. The van der Waals surface area contributed by atoms with Crippen molar-refractivity contribution in [1.82, 2.24) is 9.55 Å². The molecule has 0 spiro atoms. The average Bonchev–Trinajstić information content (AvgIpc) is 3.08. The van der Waals surface area contributed by atoms with Crippen LogP contribution in [0.25, 0.3) is 22.3 Å². The number of ether oxygens (including phenoxy) is 1. The molecule has 4 heterocycles. The van der Waals surface area contributed by atoms with Crippen LogP contribution >= 0.6 is 11.6 Å². The average molecular weight is 429 g/mol. The molecule has 8 heteroatoms. The summed E-state index contributed by atoms with van der Waals surface area (Å²) in [5.41, 5.74) is 1.53. The summed E-state index contributed by atoms with van der Waals surface area (Å²) in [6, 6.07) is 7.09. The largest absolute Gasteiger partial charge is 0.458 e. The van der Waals surface area contributed by atoms with Crippen LogP contribution in [0, 0.1) is 0 Å². The van der Waals surface area contributed by atoms with Gasteiger partial charge < -0.3 is 14.4 Å². The van der Waals surface area contributed by atoms with Gasteiger partial charge in [-0.25, -0.2) is 9.78 Å². The van der Waals surface area contributed by atoms with Gasteiger partial charge in [0.15, 0.2) is 5.60 Å². The first-order chi connectivity index (χ1) is 14.4. The summed E-state index contributed by atoms with van der Waals surface area (Å²) in [4.78, 5) is 30.3. The maximum Gasteiger partial charge on any atom is 0.343 e. The molecule has 3 aromatic rings. The third-order valence-corrected chi connectivity index (χ3v) is 6.30. The molecule has 1 unspecified atom stereocenters. The number of halogens is 2. The van der Waals surface area contributed by atoms with Gasteiger partial charge in [0.2, 0.25) is 0 Å². The number of carbonyl (C=O) groups is 1. The second-order valence-electron chi connectivity index (χ2n) is 7.62. The van der Waals surface area contributed by atoms with E-state index in [4.69, 9.17) is 21.3 Å². The van der Waals surface area contributed by atoms with Gasteiger partial charge >= 0.3 is 5.97 Å². The van der Waals surface area contributed by atoms with E-state index in [1.54, 1.807) is 16.7 Å². The Kier molecular flexibility index (Phi) is 4.24. The molecule has 0 aliphatic carbocycles. The Morgan fingerprint density at radius 1 is 1.30 bits per heavy atom. The van der Waals surface area contributed by atoms with Gasteiger partial charge in [0, 0.05) is 28.0 Å². The molecule has 0 saturated heterocycles. The van der Waals surface area contributed by atoms with E-state index in [1.807, 2.05) is 19.1 Å². The Balaban J connectivity index is 1.82. The molecule has 0 saturated carbocycles. The molecule has 1 aromatic carbocycles. The van der Waals surface area contributed by atoms with Crippen LogP contribution in [0.1, 0.15) is 35.6 Å². The minimum absolute atomic E-state index is 0.103. The second kappa shape index (κ2) is 6.62. The van der Waals surface area contributed by atoms with Crippen LogP contribution < -0.4 is 5.56 Å². The lowest BCUT2D eigenvalue weighted by molar-refractivity contribution is -0.173. The monoisotopic (exact) mass is 428 g/mol. The van der Waals surface area contributed by atoms with Crippen molar-refractivity contribution in [2.75, 3.05) is 6.67 Å². The van der Waals surface area contributed by atoms with Crippen LogP contribution in [0.5, 0.6) is 0 Å². The highest BCUT2D eigenvalue weighted by Gasteiger charge is 2.46. The molecule has 0 fully saturated rings. The van der Waals surface area contributed by atoms with Gasteiger partial charge in [0.1, 0.15) is 6.61 Å². The van der Waals surface area contributed by atoms with Crippen molar-refractivity contribution < 1.29 is 19.0 Å². The summed E-state index contributed by atoms with van der Waals surface area (Å²) < 4.78 is 19.7. The van der Waals surface area contributed by atoms with Crippen LogP contribution in [0.2, 0.25) is 5.02 Å². The van der Waals surface area contributed by atoms with E-state index in [-0.39, 0.29) is 23.3 Å². The molecule has 2 aliphatic heterocycles. The number of nitrogens with zero attached hydrogens (tertiary/aromatic N) is 2. The van der Waals surface area contributed by atoms with Gasteiger partial charge in [-0.2, -0.15) is 0 Å². The topological polar surface area (TPSA) is 81.4 Å². The van der Waals surface area contributed by atoms with Crippen molar-refractivity contribution in [3.05, 3.63) is 61.9 Å². The predicted molar refractivity (Wildman–Crippen MR) is 109 cm³/mol. The molecular formula is C22H18ClFN2O4. The molecule has 30 heavy (non-hydrogen) atoms. The highest BCUT2D eigenvalue weighted by molar-refractivity contribution is 6.31. The number of pyridine rings is 2. The van der Waals surface area contributed by atoms with E-state index in [1.165, 1.54) is 0 Å². The highest BCUT2D eigenvalue weighted by Crippen LogP contribution is 2.40. The minimum Gasteiger partial charge on any atom is -0.458 e. The zero-order valence-electron chi connectivity index (χ0n) is 16.2. The standard InChI is InChI=1S/C22H18ClFN2O4/c1-2-12-13-4-3-11(23)7-17(13)25-19-14(12)9-26-18(19)8-16-15(20(26)27)10-30-21(28)22(16,29)5-6-24/h3-4,7-8,29H,2,5-6,9-10H2,1H3. The number of benzene rings is 1. The summed E-state index contributed by atoms with van der Waals surface area (Å²) in [6.45, 7) is 1.19. The van der Waals surface area contributed by atoms with Crippen LogP contribution in [0.3, 0.4) is 0 Å². The summed E-state index contributed by atoms with van der Waals surface area (Å²) in [5.74, 6) is -0.942.